The number of nitrogens with zero attached hydrogens (tertiary/aromatic N) is 2. The molecule has 7 nitrogen and oxygen atoms in total. The van der Waals surface area contributed by atoms with E-state index in [9.17, 15) is 9.90 Å². The lowest BCUT2D eigenvalue weighted by Gasteiger charge is -2.25. The van der Waals surface area contributed by atoms with Gasteiger partial charge in [-0.25, -0.2) is 4.99 Å². The Morgan fingerprint density at radius 3 is 2.91 bits per heavy atom. The third-order valence-electron chi connectivity index (χ3n) is 3.39. The lowest BCUT2D eigenvalue weighted by molar-refractivity contribution is -0.114. The fourth-order valence-electron chi connectivity index (χ4n) is 2.46. The number of guanidine groups is 1. The quantitative estimate of drug-likeness (QED) is 0.577. The number of aliphatic imine (C=N–C) groups is 1. The molecule has 0 saturated heterocycles. The van der Waals surface area contributed by atoms with E-state index in [1.165, 1.54) is 13.0 Å². The van der Waals surface area contributed by atoms with Gasteiger partial charge < -0.3 is 15.2 Å². The number of rotatable bonds is 4. The molecule has 0 amide bonds. The third-order valence-corrected chi connectivity index (χ3v) is 3.39. The van der Waals surface area contributed by atoms with Crippen LogP contribution < -0.4 is 15.4 Å². The predicted octanol–water partition coefficient (Wildman–Crippen LogP) is 1.72. The molecule has 0 aliphatic carbocycles. The van der Waals surface area contributed by atoms with Gasteiger partial charge in [-0.3, -0.25) is 10.1 Å². The first kappa shape index (κ1) is 16.4. The average molecular weight is 314 g/mol. The normalized spacial score (nSPS) is 17.0. The van der Waals surface area contributed by atoms with Crippen molar-refractivity contribution in [1.82, 2.24) is 10.6 Å². The Morgan fingerprint density at radius 1 is 1.57 bits per heavy atom. The highest BCUT2D eigenvalue weighted by molar-refractivity contribution is 5.98. The molecule has 1 atom stereocenters. The van der Waals surface area contributed by atoms with Crippen LogP contribution in [0.2, 0.25) is 0 Å². The summed E-state index contributed by atoms with van der Waals surface area (Å²) in [4.78, 5) is 16.4. The van der Waals surface area contributed by atoms with Gasteiger partial charge >= 0.3 is 0 Å². The molecular formula is C16H18N4O3. The number of Topliss-reactive ketones (excluding diaryl/α,β-unsaturated/α-hetero) is 1. The summed E-state index contributed by atoms with van der Waals surface area (Å²) in [6, 6.07) is 4.25. The van der Waals surface area contributed by atoms with Crippen molar-refractivity contribution in [3.05, 3.63) is 35.0 Å². The minimum absolute atomic E-state index is 0.0222. The van der Waals surface area contributed by atoms with E-state index in [1.807, 2.05) is 6.92 Å². The van der Waals surface area contributed by atoms with E-state index in [-0.39, 0.29) is 17.5 Å². The molecule has 0 unspecified atom stereocenters. The maximum Gasteiger partial charge on any atom is 0.209 e. The molecular weight excluding hydrogens is 296 g/mol. The average Bonchev–Trinajstić information content (AvgIpc) is 2.49. The van der Waals surface area contributed by atoms with Crippen molar-refractivity contribution in [3.8, 4) is 17.7 Å². The molecule has 0 spiro atoms. The fourth-order valence-corrected chi connectivity index (χ4v) is 2.46. The number of ketones is 1. The summed E-state index contributed by atoms with van der Waals surface area (Å²) in [5.74, 6) is 0.500. The summed E-state index contributed by atoms with van der Waals surface area (Å²) in [7, 11) is 0. The molecule has 0 aromatic heterocycles. The molecule has 0 fully saturated rings. The number of allylic oxidation sites excluding steroid dienone is 1. The number of nitriles is 1. The molecule has 0 saturated carbocycles. The summed E-state index contributed by atoms with van der Waals surface area (Å²) < 4.78 is 5.38. The van der Waals surface area contributed by atoms with E-state index < -0.39 is 6.04 Å². The SMILES string of the molecule is CCOc1cc([C@@H]2N=C(NC#N)NC(C)=C2C(C)=O)ccc1O. The first-order chi connectivity index (χ1) is 11.0. The zero-order valence-corrected chi connectivity index (χ0v) is 13.2. The van der Waals surface area contributed by atoms with Crippen molar-refractivity contribution in [2.75, 3.05) is 6.61 Å². The van der Waals surface area contributed by atoms with Crippen molar-refractivity contribution < 1.29 is 14.6 Å². The first-order valence-corrected chi connectivity index (χ1v) is 7.15. The zero-order valence-electron chi connectivity index (χ0n) is 13.2. The molecule has 120 valence electrons. The molecule has 3 N–H and O–H groups in total. The fraction of sp³-hybridized carbons (Fsp3) is 0.312. The summed E-state index contributed by atoms with van der Waals surface area (Å²) in [6.07, 6.45) is 1.80. The summed E-state index contributed by atoms with van der Waals surface area (Å²) in [6.45, 7) is 5.44. The van der Waals surface area contributed by atoms with Crippen LogP contribution in [0.1, 0.15) is 32.4 Å². The summed E-state index contributed by atoms with van der Waals surface area (Å²) in [5.41, 5.74) is 1.82. The predicted molar refractivity (Wildman–Crippen MR) is 84.7 cm³/mol. The summed E-state index contributed by atoms with van der Waals surface area (Å²) in [5, 5.41) is 23.9. The minimum Gasteiger partial charge on any atom is -0.504 e. The number of ether oxygens (including phenoxy) is 1. The Balaban J connectivity index is 2.51. The molecule has 0 radical (unpaired) electrons. The van der Waals surface area contributed by atoms with Gasteiger partial charge in [-0.2, -0.15) is 5.26 Å². The largest absolute Gasteiger partial charge is 0.504 e. The Hall–Kier alpha value is -3.01. The van der Waals surface area contributed by atoms with Crippen LogP contribution >= 0.6 is 0 Å². The van der Waals surface area contributed by atoms with E-state index in [4.69, 9.17) is 10.00 Å². The smallest absolute Gasteiger partial charge is 0.209 e. The number of aromatic hydroxyl groups is 1. The highest BCUT2D eigenvalue weighted by Gasteiger charge is 2.27. The van der Waals surface area contributed by atoms with Crippen molar-refractivity contribution in [2.24, 2.45) is 4.99 Å². The Morgan fingerprint density at radius 2 is 2.30 bits per heavy atom. The molecule has 23 heavy (non-hydrogen) atoms. The topological polar surface area (TPSA) is 107 Å². The Bertz CT molecular complexity index is 731. The van der Waals surface area contributed by atoms with E-state index in [1.54, 1.807) is 25.2 Å². The second-order valence-corrected chi connectivity index (χ2v) is 5.00. The maximum atomic E-state index is 12.0. The first-order valence-electron chi connectivity index (χ1n) is 7.15. The van der Waals surface area contributed by atoms with Crippen molar-refractivity contribution in [2.45, 2.75) is 26.8 Å². The van der Waals surface area contributed by atoms with Gasteiger partial charge in [-0.1, -0.05) is 6.07 Å². The third kappa shape index (κ3) is 3.43. The van der Waals surface area contributed by atoms with Crippen LogP contribution in [0.15, 0.2) is 34.5 Å². The number of phenols is 1. The molecule has 7 heteroatoms. The van der Waals surface area contributed by atoms with Crippen molar-refractivity contribution in [3.63, 3.8) is 0 Å². The lowest BCUT2D eigenvalue weighted by atomic mass is 9.93. The summed E-state index contributed by atoms with van der Waals surface area (Å²) >= 11 is 0. The van der Waals surface area contributed by atoms with Gasteiger partial charge in [0.2, 0.25) is 5.96 Å². The van der Waals surface area contributed by atoms with Gasteiger partial charge in [0.1, 0.15) is 6.04 Å². The standard InChI is InChI=1S/C16H18N4O3/c1-4-23-13-7-11(5-6-12(13)22)15-14(10(3)21)9(2)19-16(20-15)18-8-17/h5-7,15,22H,4H2,1-3H3,(H2,18,19,20)/t15-/m0/s1. The molecule has 2 rings (SSSR count). The van der Waals surface area contributed by atoms with Crippen LogP contribution in [0, 0.1) is 11.5 Å². The minimum atomic E-state index is -0.579. The van der Waals surface area contributed by atoms with Crippen LogP contribution in [-0.2, 0) is 4.79 Å². The number of benzene rings is 1. The second kappa shape index (κ2) is 6.83. The number of carbonyl (C=O) groups excluding carboxylic acids is 1. The number of nitrogens with one attached hydrogen (secondary N) is 2. The molecule has 1 heterocycles. The number of carbonyl (C=O) groups is 1. The molecule has 1 aromatic carbocycles. The van der Waals surface area contributed by atoms with Crippen LogP contribution in [0.25, 0.3) is 0 Å². The Kier molecular flexibility index (Phi) is 4.86. The van der Waals surface area contributed by atoms with Gasteiger partial charge in [-0.15, -0.1) is 0 Å². The van der Waals surface area contributed by atoms with Gasteiger partial charge in [0, 0.05) is 11.3 Å². The Labute approximate surface area is 134 Å². The van der Waals surface area contributed by atoms with Gasteiger partial charge in [0.15, 0.2) is 23.5 Å². The van der Waals surface area contributed by atoms with Gasteiger partial charge in [0.05, 0.1) is 6.61 Å². The van der Waals surface area contributed by atoms with Gasteiger partial charge in [0.25, 0.3) is 0 Å². The van der Waals surface area contributed by atoms with Crippen molar-refractivity contribution >= 4 is 11.7 Å². The van der Waals surface area contributed by atoms with Crippen LogP contribution in [0.3, 0.4) is 0 Å². The van der Waals surface area contributed by atoms with E-state index in [0.29, 0.717) is 29.2 Å². The van der Waals surface area contributed by atoms with Crippen LogP contribution in [-0.4, -0.2) is 23.5 Å². The monoisotopic (exact) mass is 314 g/mol. The zero-order chi connectivity index (χ0) is 17.0. The van der Waals surface area contributed by atoms with Crippen LogP contribution in [0.5, 0.6) is 11.5 Å². The molecule has 0 bridgehead atoms. The van der Waals surface area contributed by atoms with Crippen molar-refractivity contribution in [1.29, 1.82) is 5.26 Å². The van der Waals surface area contributed by atoms with Gasteiger partial charge in [-0.05, 0) is 38.5 Å². The maximum absolute atomic E-state index is 12.0. The van der Waals surface area contributed by atoms with E-state index in [0.717, 1.165) is 0 Å². The van der Waals surface area contributed by atoms with E-state index >= 15 is 0 Å². The molecule has 1 aromatic rings. The molecule has 1 aliphatic heterocycles. The van der Waals surface area contributed by atoms with Crippen LogP contribution in [0.4, 0.5) is 0 Å². The highest BCUT2D eigenvalue weighted by Crippen LogP contribution is 2.35. The number of phenolic OH excluding ortho intramolecular Hbond substituents is 1. The van der Waals surface area contributed by atoms with E-state index in [2.05, 4.69) is 15.6 Å². The lowest BCUT2D eigenvalue weighted by Crippen LogP contribution is -2.38. The number of hydrogen-bond acceptors (Lipinski definition) is 7. The highest BCUT2D eigenvalue weighted by atomic mass is 16.5. The molecule has 1 aliphatic rings. The number of hydrogen-bond donors (Lipinski definition) is 3. The second-order valence-electron chi connectivity index (χ2n) is 5.00.